The van der Waals surface area contributed by atoms with Crippen LogP contribution in [0.3, 0.4) is 0 Å². The van der Waals surface area contributed by atoms with E-state index >= 15 is 0 Å². The van der Waals surface area contributed by atoms with Gasteiger partial charge in [-0.25, -0.2) is 0 Å². The minimum absolute atomic E-state index is 0.115. The van der Waals surface area contributed by atoms with Gasteiger partial charge in [0.05, 0.1) is 0 Å². The van der Waals surface area contributed by atoms with Gasteiger partial charge in [0, 0.05) is 25.6 Å². The van der Waals surface area contributed by atoms with E-state index in [2.05, 4.69) is 30.3 Å². The molecule has 2 aromatic rings. The van der Waals surface area contributed by atoms with Gasteiger partial charge in [0.15, 0.2) is 0 Å². The molecular formula is C17H22N2O. The molecule has 0 fully saturated rings. The van der Waals surface area contributed by atoms with Crippen molar-refractivity contribution in [2.75, 3.05) is 13.1 Å². The Hall–Kier alpha value is -1.87. The molecule has 0 spiro atoms. The Kier molecular flexibility index (Phi) is 4.74. The molecule has 2 N–H and O–H groups in total. The van der Waals surface area contributed by atoms with Crippen molar-refractivity contribution in [3.8, 4) is 0 Å². The maximum atomic E-state index is 12.2. The number of benzene rings is 2. The van der Waals surface area contributed by atoms with Crippen LogP contribution in [0.5, 0.6) is 0 Å². The average molecular weight is 270 g/mol. The van der Waals surface area contributed by atoms with Crippen LogP contribution in [0.15, 0.2) is 42.5 Å². The van der Waals surface area contributed by atoms with Gasteiger partial charge in [0.2, 0.25) is 5.91 Å². The molecule has 20 heavy (non-hydrogen) atoms. The second-order valence-corrected chi connectivity index (χ2v) is 5.17. The molecule has 1 atom stereocenters. The van der Waals surface area contributed by atoms with E-state index in [0.717, 1.165) is 5.56 Å². The van der Waals surface area contributed by atoms with Crippen LogP contribution in [-0.4, -0.2) is 23.9 Å². The first-order valence-corrected chi connectivity index (χ1v) is 7.12. The van der Waals surface area contributed by atoms with Gasteiger partial charge in [0.1, 0.15) is 0 Å². The number of carbonyl (C=O) groups is 1. The summed E-state index contributed by atoms with van der Waals surface area (Å²) in [5.74, 6) is 0.0126. The van der Waals surface area contributed by atoms with E-state index in [4.69, 9.17) is 5.73 Å². The lowest BCUT2D eigenvalue weighted by atomic mass is 10.1. The van der Waals surface area contributed by atoms with E-state index in [9.17, 15) is 4.79 Å². The molecule has 3 nitrogen and oxygen atoms in total. The molecule has 0 aliphatic rings. The number of carbonyl (C=O) groups excluding carboxylic acids is 1. The quantitative estimate of drug-likeness (QED) is 0.908. The van der Waals surface area contributed by atoms with Crippen molar-refractivity contribution >= 4 is 16.7 Å². The molecule has 0 bridgehead atoms. The highest BCUT2D eigenvalue weighted by molar-refractivity contribution is 5.83. The Morgan fingerprint density at radius 2 is 1.90 bits per heavy atom. The maximum Gasteiger partial charge on any atom is 0.226 e. The van der Waals surface area contributed by atoms with E-state index in [1.807, 2.05) is 30.9 Å². The van der Waals surface area contributed by atoms with Crippen molar-refractivity contribution in [1.29, 1.82) is 0 Å². The summed E-state index contributed by atoms with van der Waals surface area (Å²) in [6, 6.07) is 14.6. The molecule has 0 aliphatic carbocycles. The van der Waals surface area contributed by atoms with E-state index in [-0.39, 0.29) is 11.8 Å². The first-order valence-electron chi connectivity index (χ1n) is 7.12. The van der Waals surface area contributed by atoms with Crippen LogP contribution in [0.2, 0.25) is 0 Å². The summed E-state index contributed by atoms with van der Waals surface area (Å²) in [4.78, 5) is 14.1. The van der Waals surface area contributed by atoms with Gasteiger partial charge in [-0.2, -0.15) is 0 Å². The van der Waals surface area contributed by atoms with Gasteiger partial charge in [-0.05, 0) is 29.3 Å². The average Bonchev–Trinajstić information content (AvgIpc) is 2.50. The lowest BCUT2D eigenvalue weighted by Gasteiger charge is -2.24. The van der Waals surface area contributed by atoms with Crippen molar-refractivity contribution in [3.05, 3.63) is 48.0 Å². The highest BCUT2D eigenvalue weighted by atomic mass is 16.2. The first kappa shape index (κ1) is 14.5. The SMILES string of the molecule is CCN(Cc1ccc2ccccc2c1)C(=O)C(C)CN. The zero-order valence-corrected chi connectivity index (χ0v) is 12.2. The molecule has 2 rings (SSSR count). The highest BCUT2D eigenvalue weighted by Crippen LogP contribution is 2.17. The molecular weight excluding hydrogens is 248 g/mol. The van der Waals surface area contributed by atoms with Gasteiger partial charge < -0.3 is 10.6 Å². The summed E-state index contributed by atoms with van der Waals surface area (Å²) in [6.07, 6.45) is 0. The second-order valence-electron chi connectivity index (χ2n) is 5.17. The molecule has 0 aliphatic heterocycles. The smallest absolute Gasteiger partial charge is 0.226 e. The monoisotopic (exact) mass is 270 g/mol. The zero-order valence-electron chi connectivity index (χ0n) is 12.2. The third-order valence-corrected chi connectivity index (χ3v) is 3.66. The summed E-state index contributed by atoms with van der Waals surface area (Å²) in [5.41, 5.74) is 6.74. The van der Waals surface area contributed by atoms with Gasteiger partial charge in [-0.3, -0.25) is 4.79 Å². The van der Waals surface area contributed by atoms with Gasteiger partial charge in [0.25, 0.3) is 0 Å². The largest absolute Gasteiger partial charge is 0.338 e. The topological polar surface area (TPSA) is 46.3 Å². The van der Waals surface area contributed by atoms with Crippen LogP contribution < -0.4 is 5.73 Å². The fraction of sp³-hybridized carbons (Fsp3) is 0.353. The van der Waals surface area contributed by atoms with Crippen molar-refractivity contribution in [1.82, 2.24) is 4.90 Å². The first-order chi connectivity index (χ1) is 9.65. The van der Waals surface area contributed by atoms with Crippen LogP contribution in [0.25, 0.3) is 10.8 Å². The Labute approximate surface area is 120 Å². The number of hydrogen-bond donors (Lipinski definition) is 1. The van der Waals surface area contributed by atoms with Crippen LogP contribution >= 0.6 is 0 Å². The fourth-order valence-electron chi connectivity index (χ4n) is 2.32. The number of nitrogens with two attached hydrogens (primary N) is 1. The lowest BCUT2D eigenvalue weighted by molar-refractivity contribution is -0.135. The predicted octanol–water partition coefficient (Wildman–Crippen LogP) is 2.78. The third kappa shape index (κ3) is 3.17. The highest BCUT2D eigenvalue weighted by Gasteiger charge is 2.18. The predicted molar refractivity (Wildman–Crippen MR) is 83.3 cm³/mol. The minimum Gasteiger partial charge on any atom is -0.338 e. The lowest BCUT2D eigenvalue weighted by Crippen LogP contribution is -2.37. The Bertz CT molecular complexity index is 594. The summed E-state index contributed by atoms with van der Waals surface area (Å²) in [6.45, 7) is 5.63. The fourth-order valence-corrected chi connectivity index (χ4v) is 2.32. The Morgan fingerprint density at radius 1 is 1.20 bits per heavy atom. The van der Waals surface area contributed by atoms with Crippen LogP contribution in [0.4, 0.5) is 0 Å². The summed E-state index contributed by atoms with van der Waals surface area (Å²) < 4.78 is 0. The number of rotatable bonds is 5. The van der Waals surface area contributed by atoms with E-state index < -0.39 is 0 Å². The Balaban J connectivity index is 2.19. The second kappa shape index (κ2) is 6.53. The maximum absolute atomic E-state index is 12.2. The van der Waals surface area contributed by atoms with Crippen LogP contribution in [-0.2, 0) is 11.3 Å². The van der Waals surface area contributed by atoms with Gasteiger partial charge in [-0.1, -0.05) is 43.3 Å². The van der Waals surface area contributed by atoms with Crippen LogP contribution in [0.1, 0.15) is 19.4 Å². The normalized spacial score (nSPS) is 12.3. The zero-order chi connectivity index (χ0) is 14.5. The van der Waals surface area contributed by atoms with Gasteiger partial charge >= 0.3 is 0 Å². The molecule has 1 unspecified atom stereocenters. The number of hydrogen-bond acceptors (Lipinski definition) is 2. The molecule has 0 radical (unpaired) electrons. The van der Waals surface area contributed by atoms with E-state index in [1.54, 1.807) is 0 Å². The number of fused-ring (bicyclic) bond motifs is 1. The third-order valence-electron chi connectivity index (χ3n) is 3.66. The van der Waals surface area contributed by atoms with E-state index in [0.29, 0.717) is 19.6 Å². The molecule has 3 heteroatoms. The van der Waals surface area contributed by atoms with Crippen molar-refractivity contribution in [3.63, 3.8) is 0 Å². The van der Waals surface area contributed by atoms with Gasteiger partial charge in [-0.15, -0.1) is 0 Å². The van der Waals surface area contributed by atoms with Crippen molar-refractivity contribution < 1.29 is 4.79 Å². The standard InChI is InChI=1S/C17H22N2O/c1-3-19(17(20)13(2)11-18)12-14-8-9-15-6-4-5-7-16(15)10-14/h4-10,13H,3,11-12,18H2,1-2H3. The molecule has 0 saturated carbocycles. The van der Waals surface area contributed by atoms with Crippen LogP contribution in [0, 0.1) is 5.92 Å². The summed E-state index contributed by atoms with van der Waals surface area (Å²) in [5, 5.41) is 2.43. The van der Waals surface area contributed by atoms with Crippen molar-refractivity contribution in [2.24, 2.45) is 11.7 Å². The number of amides is 1. The summed E-state index contributed by atoms with van der Waals surface area (Å²) in [7, 11) is 0. The molecule has 0 heterocycles. The molecule has 2 aromatic carbocycles. The van der Waals surface area contributed by atoms with E-state index in [1.165, 1.54) is 10.8 Å². The minimum atomic E-state index is -0.115. The molecule has 106 valence electrons. The number of nitrogens with zero attached hydrogens (tertiary/aromatic N) is 1. The van der Waals surface area contributed by atoms with Crippen molar-refractivity contribution in [2.45, 2.75) is 20.4 Å². The molecule has 1 amide bonds. The molecule has 0 saturated heterocycles. The summed E-state index contributed by atoms with van der Waals surface area (Å²) >= 11 is 0. The Morgan fingerprint density at radius 3 is 2.55 bits per heavy atom. The molecule has 0 aromatic heterocycles.